The molecule has 5 heteroatoms. The van der Waals surface area contributed by atoms with E-state index in [1.54, 1.807) is 24.0 Å². The number of nitrogens with one attached hydrogen (secondary N) is 1. The molecule has 2 heterocycles. The lowest BCUT2D eigenvalue weighted by Crippen LogP contribution is -2.29. The highest BCUT2D eigenvalue weighted by Crippen LogP contribution is 2.16. The van der Waals surface area contributed by atoms with Gasteiger partial charge in [-0.2, -0.15) is 5.10 Å². The minimum atomic E-state index is 0.0712. The summed E-state index contributed by atoms with van der Waals surface area (Å²) >= 11 is 0. The number of aromatic nitrogens is 2. The third kappa shape index (κ3) is 2.36. The van der Waals surface area contributed by atoms with Crippen LogP contribution in [-0.4, -0.2) is 28.9 Å². The van der Waals surface area contributed by atoms with Crippen molar-refractivity contribution in [1.82, 2.24) is 9.78 Å². The van der Waals surface area contributed by atoms with Crippen molar-refractivity contribution < 1.29 is 9.53 Å². The normalized spacial score (nSPS) is 17.7. The third-order valence-corrected chi connectivity index (χ3v) is 2.66. The highest BCUT2D eigenvalue weighted by molar-refractivity contribution is 5.91. The molecule has 1 aliphatic rings. The summed E-state index contributed by atoms with van der Waals surface area (Å²) < 4.78 is 6.86. The molecule has 0 bridgehead atoms. The van der Waals surface area contributed by atoms with E-state index < -0.39 is 0 Å². The SMILES string of the molecule is Cn1nccc1NC(=O)C1CCOCC1. The summed E-state index contributed by atoms with van der Waals surface area (Å²) in [6.45, 7) is 1.37. The molecule has 1 amide bonds. The van der Waals surface area contributed by atoms with E-state index in [-0.39, 0.29) is 11.8 Å². The smallest absolute Gasteiger partial charge is 0.228 e. The first kappa shape index (κ1) is 10.2. The molecular formula is C10H15N3O2. The summed E-state index contributed by atoms with van der Waals surface area (Å²) in [6.07, 6.45) is 3.28. The predicted molar refractivity (Wildman–Crippen MR) is 55.4 cm³/mol. The average molecular weight is 209 g/mol. The number of nitrogens with zero attached hydrogens (tertiary/aromatic N) is 2. The molecule has 0 saturated carbocycles. The van der Waals surface area contributed by atoms with Crippen molar-refractivity contribution in [2.45, 2.75) is 12.8 Å². The molecule has 0 radical (unpaired) electrons. The van der Waals surface area contributed by atoms with Crippen LogP contribution in [-0.2, 0) is 16.6 Å². The Morgan fingerprint density at radius 2 is 2.33 bits per heavy atom. The molecule has 0 unspecified atom stereocenters. The second-order valence-corrected chi connectivity index (χ2v) is 3.72. The van der Waals surface area contributed by atoms with Crippen LogP contribution in [0.2, 0.25) is 0 Å². The van der Waals surface area contributed by atoms with Crippen LogP contribution in [0.5, 0.6) is 0 Å². The topological polar surface area (TPSA) is 56.2 Å². The third-order valence-electron chi connectivity index (χ3n) is 2.66. The van der Waals surface area contributed by atoms with Gasteiger partial charge in [-0.3, -0.25) is 9.48 Å². The van der Waals surface area contributed by atoms with Crippen LogP contribution in [0.1, 0.15) is 12.8 Å². The Bertz CT molecular complexity index is 342. The Kier molecular flexibility index (Phi) is 3.01. The van der Waals surface area contributed by atoms with Gasteiger partial charge in [0.15, 0.2) is 0 Å². The fourth-order valence-corrected chi connectivity index (χ4v) is 1.68. The lowest BCUT2D eigenvalue weighted by Gasteiger charge is -2.21. The number of amides is 1. The molecule has 15 heavy (non-hydrogen) atoms. The van der Waals surface area contributed by atoms with E-state index in [2.05, 4.69) is 10.4 Å². The molecular weight excluding hydrogens is 194 g/mol. The van der Waals surface area contributed by atoms with Crippen LogP contribution >= 0.6 is 0 Å². The van der Waals surface area contributed by atoms with Crippen LogP contribution in [0.3, 0.4) is 0 Å². The summed E-state index contributed by atoms with van der Waals surface area (Å²) in [5.74, 6) is 0.891. The van der Waals surface area contributed by atoms with Gasteiger partial charge in [0.05, 0.1) is 6.20 Å². The number of aryl methyl sites for hydroxylation is 1. The monoisotopic (exact) mass is 209 g/mol. The minimum absolute atomic E-state index is 0.0712. The zero-order valence-corrected chi connectivity index (χ0v) is 8.77. The Balaban J connectivity index is 1.94. The molecule has 0 aliphatic carbocycles. The summed E-state index contributed by atoms with van der Waals surface area (Å²) in [7, 11) is 1.81. The van der Waals surface area contributed by atoms with E-state index in [9.17, 15) is 4.79 Å². The molecule has 1 aromatic heterocycles. The summed E-state index contributed by atoms with van der Waals surface area (Å²) in [5, 5.41) is 6.86. The first-order chi connectivity index (χ1) is 7.27. The number of anilines is 1. The van der Waals surface area contributed by atoms with Gasteiger partial charge in [0.25, 0.3) is 0 Å². The van der Waals surface area contributed by atoms with Gasteiger partial charge in [0.1, 0.15) is 5.82 Å². The standard InChI is InChI=1S/C10H15N3O2/c1-13-9(2-5-11-13)12-10(14)8-3-6-15-7-4-8/h2,5,8H,3-4,6-7H2,1H3,(H,12,14). The van der Waals surface area contributed by atoms with E-state index in [4.69, 9.17) is 4.74 Å². The zero-order chi connectivity index (χ0) is 10.7. The fourth-order valence-electron chi connectivity index (χ4n) is 1.68. The average Bonchev–Trinajstić information content (AvgIpc) is 2.66. The van der Waals surface area contributed by atoms with Crippen molar-refractivity contribution in [3.63, 3.8) is 0 Å². The molecule has 82 valence electrons. The lowest BCUT2D eigenvalue weighted by molar-refractivity contribution is -0.122. The molecule has 2 rings (SSSR count). The van der Waals surface area contributed by atoms with Crippen molar-refractivity contribution in [3.05, 3.63) is 12.3 Å². The van der Waals surface area contributed by atoms with Crippen LogP contribution < -0.4 is 5.32 Å². The highest BCUT2D eigenvalue weighted by atomic mass is 16.5. The first-order valence-electron chi connectivity index (χ1n) is 5.14. The second-order valence-electron chi connectivity index (χ2n) is 3.72. The summed E-state index contributed by atoms with van der Waals surface area (Å²) in [6, 6.07) is 1.79. The molecule has 1 N–H and O–H groups in total. The molecule has 1 aromatic rings. The Hall–Kier alpha value is -1.36. The second kappa shape index (κ2) is 4.44. The summed E-state index contributed by atoms with van der Waals surface area (Å²) in [4.78, 5) is 11.8. The largest absolute Gasteiger partial charge is 0.381 e. The maximum absolute atomic E-state index is 11.8. The number of carbonyl (C=O) groups is 1. The van der Waals surface area contributed by atoms with E-state index in [1.165, 1.54) is 0 Å². The quantitative estimate of drug-likeness (QED) is 0.783. The van der Waals surface area contributed by atoms with Crippen molar-refractivity contribution in [1.29, 1.82) is 0 Å². The van der Waals surface area contributed by atoms with Crippen molar-refractivity contribution in [2.75, 3.05) is 18.5 Å². The number of hydrogen-bond donors (Lipinski definition) is 1. The first-order valence-corrected chi connectivity index (χ1v) is 5.14. The number of ether oxygens (including phenoxy) is 1. The Labute approximate surface area is 88.4 Å². The van der Waals surface area contributed by atoms with Gasteiger partial charge >= 0.3 is 0 Å². The van der Waals surface area contributed by atoms with E-state index in [1.807, 2.05) is 0 Å². The maximum atomic E-state index is 11.8. The fraction of sp³-hybridized carbons (Fsp3) is 0.600. The minimum Gasteiger partial charge on any atom is -0.381 e. The van der Waals surface area contributed by atoms with Crippen molar-refractivity contribution in [3.8, 4) is 0 Å². The van der Waals surface area contributed by atoms with Gasteiger partial charge in [0.2, 0.25) is 5.91 Å². The highest BCUT2D eigenvalue weighted by Gasteiger charge is 2.21. The van der Waals surface area contributed by atoms with Gasteiger partial charge < -0.3 is 10.1 Å². The van der Waals surface area contributed by atoms with Crippen LogP contribution in [0.15, 0.2) is 12.3 Å². The molecule has 0 spiro atoms. The summed E-state index contributed by atoms with van der Waals surface area (Å²) in [5.41, 5.74) is 0. The molecule has 1 aliphatic heterocycles. The number of carbonyl (C=O) groups excluding carboxylic acids is 1. The van der Waals surface area contributed by atoms with Crippen molar-refractivity contribution >= 4 is 11.7 Å². The molecule has 1 fully saturated rings. The predicted octanol–water partition coefficient (Wildman–Crippen LogP) is 0.785. The zero-order valence-electron chi connectivity index (χ0n) is 8.77. The molecule has 5 nitrogen and oxygen atoms in total. The lowest BCUT2D eigenvalue weighted by atomic mass is 9.99. The molecule has 0 aromatic carbocycles. The molecule has 0 atom stereocenters. The molecule has 1 saturated heterocycles. The van der Waals surface area contributed by atoms with Crippen LogP contribution in [0.25, 0.3) is 0 Å². The maximum Gasteiger partial charge on any atom is 0.228 e. The van der Waals surface area contributed by atoms with Crippen molar-refractivity contribution in [2.24, 2.45) is 13.0 Å². The van der Waals surface area contributed by atoms with E-state index in [0.717, 1.165) is 18.7 Å². The number of hydrogen-bond acceptors (Lipinski definition) is 3. The Morgan fingerprint density at radius 1 is 1.60 bits per heavy atom. The number of rotatable bonds is 2. The Morgan fingerprint density at radius 3 is 2.93 bits per heavy atom. The van der Waals surface area contributed by atoms with E-state index in [0.29, 0.717) is 13.2 Å². The van der Waals surface area contributed by atoms with Crippen LogP contribution in [0.4, 0.5) is 5.82 Å². The van der Waals surface area contributed by atoms with Gasteiger partial charge in [-0.1, -0.05) is 0 Å². The van der Waals surface area contributed by atoms with Gasteiger partial charge in [-0.25, -0.2) is 0 Å². The van der Waals surface area contributed by atoms with Crippen LogP contribution in [0, 0.1) is 5.92 Å². The van der Waals surface area contributed by atoms with Gasteiger partial charge in [0, 0.05) is 32.2 Å². The van der Waals surface area contributed by atoms with Gasteiger partial charge in [-0.15, -0.1) is 0 Å². The van der Waals surface area contributed by atoms with E-state index >= 15 is 0 Å². The van der Waals surface area contributed by atoms with Gasteiger partial charge in [-0.05, 0) is 12.8 Å².